The smallest absolute Gasteiger partial charge is 0.326 e. The first-order valence-corrected chi connectivity index (χ1v) is 9.26. The van der Waals surface area contributed by atoms with E-state index >= 15 is 0 Å². The highest BCUT2D eigenvalue weighted by Crippen LogP contribution is 2.33. The van der Waals surface area contributed by atoms with Gasteiger partial charge in [-0.3, -0.25) is 14.5 Å². The topological polar surface area (TPSA) is 46.6 Å². The first-order valence-electron chi connectivity index (χ1n) is 7.28. The zero-order chi connectivity index (χ0) is 17.7. The lowest BCUT2D eigenvalue weighted by molar-refractivity contribution is -0.146. The average molecular weight is 404 g/mol. The van der Waals surface area contributed by atoms with Crippen LogP contribution in [0.4, 0.5) is 0 Å². The monoisotopic (exact) mass is 403 g/mol. The SMILES string of the molecule is CCCCOC(=O)CN1C(=O)/C(=C/c2ccc(Cl)c(Cl)c2)SC1=S. The number of halogens is 2. The Labute approximate surface area is 160 Å². The van der Waals surface area contributed by atoms with Crippen LogP contribution in [0.1, 0.15) is 25.3 Å². The van der Waals surface area contributed by atoms with Gasteiger partial charge in [0.05, 0.1) is 21.6 Å². The summed E-state index contributed by atoms with van der Waals surface area (Å²) in [5.74, 6) is -0.779. The summed E-state index contributed by atoms with van der Waals surface area (Å²) in [6, 6.07) is 5.07. The minimum atomic E-state index is -0.462. The molecule has 24 heavy (non-hydrogen) atoms. The molecule has 0 spiro atoms. The molecule has 1 aromatic rings. The number of hydrogen-bond acceptors (Lipinski definition) is 5. The van der Waals surface area contributed by atoms with E-state index < -0.39 is 5.97 Å². The molecule has 0 saturated carbocycles. The summed E-state index contributed by atoms with van der Waals surface area (Å²) in [5, 5.41) is 0.844. The molecule has 0 radical (unpaired) electrons. The van der Waals surface area contributed by atoms with Gasteiger partial charge in [0.1, 0.15) is 10.9 Å². The van der Waals surface area contributed by atoms with E-state index in [1.807, 2.05) is 6.92 Å². The van der Waals surface area contributed by atoms with Gasteiger partial charge in [-0.1, -0.05) is 66.6 Å². The molecule has 0 atom stereocenters. The Morgan fingerprint density at radius 2 is 2.12 bits per heavy atom. The second kappa shape index (κ2) is 8.85. The number of carbonyl (C=O) groups excluding carboxylic acids is 2. The largest absolute Gasteiger partial charge is 0.464 e. The predicted octanol–water partition coefficient (Wildman–Crippen LogP) is 4.54. The summed E-state index contributed by atoms with van der Waals surface area (Å²) in [6.07, 6.45) is 3.39. The van der Waals surface area contributed by atoms with Crippen LogP contribution in [0.2, 0.25) is 10.0 Å². The van der Waals surface area contributed by atoms with Gasteiger partial charge < -0.3 is 4.74 Å². The number of thiocarbonyl (C=S) groups is 1. The third kappa shape index (κ3) is 4.96. The second-order valence-electron chi connectivity index (χ2n) is 5.02. The molecule has 1 aliphatic heterocycles. The lowest BCUT2D eigenvalue weighted by atomic mass is 10.2. The van der Waals surface area contributed by atoms with Gasteiger partial charge in [0, 0.05) is 0 Å². The number of rotatable bonds is 6. The fourth-order valence-electron chi connectivity index (χ4n) is 1.89. The number of thioether (sulfide) groups is 1. The molecule has 1 heterocycles. The van der Waals surface area contributed by atoms with E-state index in [4.69, 9.17) is 40.2 Å². The van der Waals surface area contributed by atoms with E-state index in [0.29, 0.717) is 25.9 Å². The first kappa shape index (κ1) is 19.2. The summed E-state index contributed by atoms with van der Waals surface area (Å²) in [7, 11) is 0. The van der Waals surface area contributed by atoms with E-state index in [9.17, 15) is 9.59 Å². The number of hydrogen-bond donors (Lipinski definition) is 0. The van der Waals surface area contributed by atoms with Crippen molar-refractivity contribution in [2.24, 2.45) is 0 Å². The van der Waals surface area contributed by atoms with Crippen molar-refractivity contribution in [3.05, 3.63) is 38.7 Å². The first-order chi connectivity index (χ1) is 11.4. The van der Waals surface area contributed by atoms with Crippen LogP contribution in [-0.4, -0.2) is 34.2 Å². The zero-order valence-electron chi connectivity index (χ0n) is 12.9. The van der Waals surface area contributed by atoms with E-state index in [0.717, 1.165) is 30.2 Å². The molecule has 128 valence electrons. The van der Waals surface area contributed by atoms with Crippen LogP contribution < -0.4 is 0 Å². The molecule has 0 aromatic heterocycles. The van der Waals surface area contributed by atoms with Crippen molar-refractivity contribution in [2.75, 3.05) is 13.2 Å². The van der Waals surface area contributed by atoms with Crippen LogP contribution >= 0.6 is 47.2 Å². The van der Waals surface area contributed by atoms with Crippen LogP contribution in [0, 0.1) is 0 Å². The molecular formula is C16H15Cl2NO3S2. The second-order valence-corrected chi connectivity index (χ2v) is 7.51. The van der Waals surface area contributed by atoms with Gasteiger partial charge in [0.2, 0.25) is 0 Å². The minimum absolute atomic E-state index is 0.174. The number of ether oxygens (including phenoxy) is 1. The Hall–Kier alpha value is -1.08. The lowest BCUT2D eigenvalue weighted by Gasteiger charge is -2.13. The molecule has 1 fully saturated rings. The fourth-order valence-corrected chi connectivity index (χ4v) is 3.46. The van der Waals surface area contributed by atoms with Crippen molar-refractivity contribution < 1.29 is 14.3 Å². The number of benzene rings is 1. The molecule has 0 bridgehead atoms. The molecule has 1 amide bonds. The van der Waals surface area contributed by atoms with Gasteiger partial charge in [0.15, 0.2) is 0 Å². The van der Waals surface area contributed by atoms with Gasteiger partial charge in [-0.15, -0.1) is 0 Å². The molecule has 0 N–H and O–H groups in total. The number of nitrogens with zero attached hydrogens (tertiary/aromatic N) is 1. The van der Waals surface area contributed by atoms with Crippen molar-refractivity contribution in [2.45, 2.75) is 19.8 Å². The highest BCUT2D eigenvalue weighted by Gasteiger charge is 2.33. The quantitative estimate of drug-likeness (QED) is 0.302. The van der Waals surface area contributed by atoms with E-state index in [1.165, 1.54) is 4.90 Å². The molecule has 4 nitrogen and oxygen atoms in total. The average Bonchev–Trinajstić information content (AvgIpc) is 2.79. The normalized spacial score (nSPS) is 16.1. The number of amides is 1. The predicted molar refractivity (Wildman–Crippen MR) is 102 cm³/mol. The number of unbranched alkanes of at least 4 members (excludes halogenated alkanes) is 1. The van der Waals surface area contributed by atoms with Crippen molar-refractivity contribution >= 4 is 69.5 Å². The summed E-state index contributed by atoms with van der Waals surface area (Å²) >= 11 is 18.2. The summed E-state index contributed by atoms with van der Waals surface area (Å²) in [4.78, 5) is 25.9. The molecule has 0 unspecified atom stereocenters. The van der Waals surface area contributed by atoms with Gasteiger partial charge >= 0.3 is 5.97 Å². The summed E-state index contributed by atoms with van der Waals surface area (Å²) in [6.45, 7) is 2.18. The Morgan fingerprint density at radius 3 is 2.79 bits per heavy atom. The number of esters is 1. The maximum atomic E-state index is 12.4. The van der Waals surface area contributed by atoms with Crippen molar-refractivity contribution in [1.29, 1.82) is 0 Å². The van der Waals surface area contributed by atoms with Crippen molar-refractivity contribution in [3.63, 3.8) is 0 Å². The van der Waals surface area contributed by atoms with Gasteiger partial charge in [0.25, 0.3) is 5.91 Å². The molecule has 1 aliphatic rings. The maximum absolute atomic E-state index is 12.4. The summed E-state index contributed by atoms with van der Waals surface area (Å²) < 4.78 is 5.40. The Bertz CT molecular complexity index is 707. The number of carbonyl (C=O) groups is 2. The van der Waals surface area contributed by atoms with E-state index in [-0.39, 0.29) is 12.5 Å². The van der Waals surface area contributed by atoms with Crippen LogP contribution in [0.5, 0.6) is 0 Å². The van der Waals surface area contributed by atoms with Crippen molar-refractivity contribution in [3.8, 4) is 0 Å². The molecule has 1 saturated heterocycles. The third-order valence-electron chi connectivity index (χ3n) is 3.16. The van der Waals surface area contributed by atoms with Crippen LogP contribution in [-0.2, 0) is 14.3 Å². The highest BCUT2D eigenvalue weighted by molar-refractivity contribution is 8.26. The molecule has 0 aliphatic carbocycles. The Balaban J connectivity index is 2.06. The van der Waals surface area contributed by atoms with Gasteiger partial charge in [-0.2, -0.15) is 0 Å². The standard InChI is InChI=1S/C16H15Cl2NO3S2/c1-2-3-6-22-14(20)9-19-15(21)13(24-16(19)23)8-10-4-5-11(17)12(18)7-10/h4-5,7-8H,2-3,6,9H2,1H3/b13-8-. The minimum Gasteiger partial charge on any atom is -0.464 e. The van der Waals surface area contributed by atoms with Crippen LogP contribution in [0.25, 0.3) is 6.08 Å². The van der Waals surface area contributed by atoms with Crippen molar-refractivity contribution in [1.82, 2.24) is 4.90 Å². The Kier molecular flexibility index (Phi) is 7.10. The molecule has 1 aromatic carbocycles. The lowest BCUT2D eigenvalue weighted by Crippen LogP contribution is -2.34. The maximum Gasteiger partial charge on any atom is 0.326 e. The van der Waals surface area contributed by atoms with Crippen LogP contribution in [0.15, 0.2) is 23.1 Å². The fraction of sp³-hybridized carbons (Fsp3) is 0.312. The molecular weight excluding hydrogens is 389 g/mol. The molecule has 2 rings (SSSR count). The van der Waals surface area contributed by atoms with E-state index in [1.54, 1.807) is 24.3 Å². The van der Waals surface area contributed by atoms with Gasteiger partial charge in [-0.25, -0.2) is 0 Å². The molecule has 8 heteroatoms. The zero-order valence-corrected chi connectivity index (χ0v) is 16.0. The third-order valence-corrected chi connectivity index (χ3v) is 5.28. The Morgan fingerprint density at radius 1 is 1.38 bits per heavy atom. The van der Waals surface area contributed by atoms with Crippen LogP contribution in [0.3, 0.4) is 0 Å². The summed E-state index contributed by atoms with van der Waals surface area (Å²) in [5.41, 5.74) is 0.732. The highest BCUT2D eigenvalue weighted by atomic mass is 35.5. The van der Waals surface area contributed by atoms with E-state index in [2.05, 4.69) is 0 Å². The van der Waals surface area contributed by atoms with Gasteiger partial charge in [-0.05, 0) is 30.2 Å².